The minimum absolute atomic E-state index is 0.216. The van der Waals surface area contributed by atoms with E-state index in [9.17, 15) is 4.79 Å². The summed E-state index contributed by atoms with van der Waals surface area (Å²) in [6, 6.07) is 11.8. The van der Waals surface area contributed by atoms with Gasteiger partial charge in [0.25, 0.3) is 0 Å². The molecule has 0 saturated heterocycles. The highest BCUT2D eigenvalue weighted by Gasteiger charge is 2.16. The molecule has 3 aromatic rings. The van der Waals surface area contributed by atoms with E-state index in [0.29, 0.717) is 30.8 Å². The van der Waals surface area contributed by atoms with Crippen molar-refractivity contribution in [2.75, 3.05) is 6.61 Å². The molecule has 0 aliphatic carbocycles. The van der Waals surface area contributed by atoms with Crippen LogP contribution in [0, 0.1) is 25.2 Å². The molecule has 0 fully saturated rings. The molecule has 3 rings (SSSR count). The van der Waals surface area contributed by atoms with E-state index >= 15 is 0 Å². The maximum absolute atomic E-state index is 11.8. The van der Waals surface area contributed by atoms with E-state index in [4.69, 9.17) is 10.00 Å². The molecular weight excluding hydrogens is 352 g/mol. The van der Waals surface area contributed by atoms with Crippen molar-refractivity contribution in [2.24, 2.45) is 0 Å². The number of aromatic nitrogens is 3. The number of carbonyl (C=O) groups is 1. The predicted octanol–water partition coefficient (Wildman–Crippen LogP) is 3.92. The third-order valence-electron chi connectivity index (χ3n) is 4.50. The van der Waals surface area contributed by atoms with E-state index < -0.39 is 0 Å². The van der Waals surface area contributed by atoms with E-state index in [2.05, 4.69) is 20.6 Å². The van der Waals surface area contributed by atoms with Crippen LogP contribution < -0.4 is 0 Å². The Morgan fingerprint density at radius 2 is 1.93 bits per heavy atom. The van der Waals surface area contributed by atoms with Crippen molar-refractivity contribution in [3.05, 3.63) is 65.4 Å². The Labute approximate surface area is 164 Å². The quantitative estimate of drug-likeness (QED) is 0.611. The van der Waals surface area contributed by atoms with Gasteiger partial charge in [-0.05, 0) is 63.1 Å². The van der Waals surface area contributed by atoms with Crippen molar-refractivity contribution < 1.29 is 9.53 Å². The average molecular weight is 374 g/mol. The SMILES string of the molecule is CCOC(=O)CCc1ccc(-c2cnc(C)nc2)n1-c1ccc(C#N)cc1C. The number of rotatable bonds is 6. The van der Waals surface area contributed by atoms with Crippen molar-refractivity contribution in [3.8, 4) is 23.0 Å². The number of nitrogens with zero attached hydrogens (tertiary/aromatic N) is 4. The molecule has 1 aromatic carbocycles. The second kappa shape index (κ2) is 8.49. The second-order valence-electron chi connectivity index (χ2n) is 6.48. The summed E-state index contributed by atoms with van der Waals surface area (Å²) in [5, 5.41) is 9.17. The molecule has 6 nitrogen and oxygen atoms in total. The predicted molar refractivity (Wildman–Crippen MR) is 106 cm³/mol. The number of esters is 1. The Hall–Kier alpha value is -3.46. The molecule has 0 aliphatic rings. The highest BCUT2D eigenvalue weighted by molar-refractivity contribution is 5.70. The van der Waals surface area contributed by atoms with Gasteiger partial charge in [0.1, 0.15) is 5.82 Å². The zero-order valence-corrected chi connectivity index (χ0v) is 16.3. The Morgan fingerprint density at radius 3 is 2.57 bits per heavy atom. The Balaban J connectivity index is 2.08. The smallest absolute Gasteiger partial charge is 0.306 e. The molecule has 0 saturated carbocycles. The molecule has 0 amide bonds. The molecular formula is C22H22N4O2. The number of hydrogen-bond donors (Lipinski definition) is 0. The molecule has 6 heteroatoms. The molecule has 2 heterocycles. The minimum Gasteiger partial charge on any atom is -0.466 e. The molecule has 0 atom stereocenters. The summed E-state index contributed by atoms with van der Waals surface area (Å²) in [5.41, 5.74) is 5.35. The molecule has 28 heavy (non-hydrogen) atoms. The molecule has 0 aliphatic heterocycles. The maximum Gasteiger partial charge on any atom is 0.306 e. The van der Waals surface area contributed by atoms with E-state index in [0.717, 1.165) is 28.2 Å². The fourth-order valence-electron chi connectivity index (χ4n) is 3.15. The molecule has 0 unspecified atom stereocenters. The fraction of sp³-hybridized carbons (Fsp3) is 0.273. The topological polar surface area (TPSA) is 80.8 Å². The van der Waals surface area contributed by atoms with Crippen molar-refractivity contribution in [2.45, 2.75) is 33.6 Å². The monoisotopic (exact) mass is 374 g/mol. The van der Waals surface area contributed by atoms with Crippen LogP contribution in [0.15, 0.2) is 42.7 Å². The minimum atomic E-state index is -0.216. The first-order valence-corrected chi connectivity index (χ1v) is 9.20. The van der Waals surface area contributed by atoms with Gasteiger partial charge in [-0.15, -0.1) is 0 Å². The van der Waals surface area contributed by atoms with Crippen LogP contribution in [0.5, 0.6) is 0 Å². The lowest BCUT2D eigenvalue weighted by Gasteiger charge is -2.16. The van der Waals surface area contributed by atoms with Gasteiger partial charge in [-0.25, -0.2) is 9.97 Å². The molecule has 2 aromatic heterocycles. The van der Waals surface area contributed by atoms with Gasteiger partial charge in [-0.2, -0.15) is 5.26 Å². The van der Waals surface area contributed by atoms with E-state index in [1.54, 1.807) is 25.4 Å². The van der Waals surface area contributed by atoms with Crippen LogP contribution >= 0.6 is 0 Å². The van der Waals surface area contributed by atoms with Gasteiger partial charge in [0.05, 0.1) is 30.4 Å². The average Bonchev–Trinajstić information content (AvgIpc) is 3.10. The molecule has 0 radical (unpaired) electrons. The van der Waals surface area contributed by atoms with Gasteiger partial charge in [-0.3, -0.25) is 4.79 Å². The summed E-state index contributed by atoms with van der Waals surface area (Å²) >= 11 is 0. The Morgan fingerprint density at radius 1 is 1.18 bits per heavy atom. The van der Waals surface area contributed by atoms with Crippen LogP contribution in [0.2, 0.25) is 0 Å². The molecule has 0 bridgehead atoms. The first kappa shape index (κ1) is 19.3. The highest BCUT2D eigenvalue weighted by atomic mass is 16.5. The van der Waals surface area contributed by atoms with E-state index in [-0.39, 0.29) is 5.97 Å². The highest BCUT2D eigenvalue weighted by Crippen LogP contribution is 2.29. The third kappa shape index (κ3) is 4.09. The van der Waals surface area contributed by atoms with Crippen molar-refractivity contribution >= 4 is 5.97 Å². The van der Waals surface area contributed by atoms with E-state index in [1.807, 2.05) is 38.1 Å². The normalized spacial score (nSPS) is 10.5. The van der Waals surface area contributed by atoms with Gasteiger partial charge in [0.2, 0.25) is 0 Å². The van der Waals surface area contributed by atoms with Crippen molar-refractivity contribution in [3.63, 3.8) is 0 Å². The lowest BCUT2D eigenvalue weighted by atomic mass is 10.1. The van der Waals surface area contributed by atoms with Crippen LogP contribution in [-0.2, 0) is 16.0 Å². The lowest BCUT2D eigenvalue weighted by molar-refractivity contribution is -0.143. The summed E-state index contributed by atoms with van der Waals surface area (Å²) < 4.78 is 7.16. The number of carbonyl (C=O) groups excluding carboxylic acids is 1. The summed E-state index contributed by atoms with van der Waals surface area (Å²) in [7, 11) is 0. The van der Waals surface area contributed by atoms with Crippen molar-refractivity contribution in [1.29, 1.82) is 5.26 Å². The van der Waals surface area contributed by atoms with Crippen LogP contribution in [0.3, 0.4) is 0 Å². The van der Waals surface area contributed by atoms with E-state index in [1.165, 1.54) is 0 Å². The summed E-state index contributed by atoms with van der Waals surface area (Å²) in [5.74, 6) is 0.492. The van der Waals surface area contributed by atoms with Crippen LogP contribution in [0.4, 0.5) is 0 Å². The number of ether oxygens (including phenoxy) is 1. The van der Waals surface area contributed by atoms with Crippen LogP contribution in [-0.4, -0.2) is 27.1 Å². The number of nitriles is 1. The van der Waals surface area contributed by atoms with Gasteiger partial charge in [-0.1, -0.05) is 0 Å². The molecule has 0 spiro atoms. The number of hydrogen-bond acceptors (Lipinski definition) is 5. The largest absolute Gasteiger partial charge is 0.466 e. The van der Waals surface area contributed by atoms with Gasteiger partial charge in [0.15, 0.2) is 0 Å². The van der Waals surface area contributed by atoms with Gasteiger partial charge in [0, 0.05) is 29.3 Å². The zero-order valence-electron chi connectivity index (χ0n) is 16.3. The summed E-state index contributed by atoms with van der Waals surface area (Å²) in [6.07, 6.45) is 4.44. The zero-order chi connectivity index (χ0) is 20.1. The lowest BCUT2D eigenvalue weighted by Crippen LogP contribution is -2.09. The van der Waals surface area contributed by atoms with Crippen LogP contribution in [0.1, 0.15) is 36.0 Å². The second-order valence-corrected chi connectivity index (χ2v) is 6.48. The molecule has 0 N–H and O–H groups in total. The Kier molecular flexibility index (Phi) is 5.85. The number of aryl methyl sites for hydroxylation is 3. The third-order valence-corrected chi connectivity index (χ3v) is 4.50. The summed E-state index contributed by atoms with van der Waals surface area (Å²) in [6.45, 7) is 6.00. The first-order valence-electron chi connectivity index (χ1n) is 9.20. The van der Waals surface area contributed by atoms with Gasteiger partial charge < -0.3 is 9.30 Å². The van der Waals surface area contributed by atoms with Gasteiger partial charge >= 0.3 is 5.97 Å². The Bertz CT molecular complexity index is 1030. The standard InChI is InChI=1S/C22H22N4O2/c1-4-28-22(27)10-7-19-6-9-21(18-13-24-16(3)25-14-18)26(19)20-8-5-17(12-23)11-15(20)2/h5-6,8-9,11,13-14H,4,7,10H2,1-3H3. The number of benzene rings is 1. The van der Waals surface area contributed by atoms with Crippen LogP contribution in [0.25, 0.3) is 16.9 Å². The van der Waals surface area contributed by atoms with Crippen molar-refractivity contribution in [1.82, 2.24) is 14.5 Å². The summed E-state index contributed by atoms with van der Waals surface area (Å²) in [4.78, 5) is 20.5. The molecule has 142 valence electrons. The fourth-order valence-corrected chi connectivity index (χ4v) is 3.15. The maximum atomic E-state index is 11.8. The first-order chi connectivity index (χ1) is 13.5.